The fraction of sp³-hybridized carbons (Fsp3) is 0.200. The van der Waals surface area contributed by atoms with E-state index in [1.165, 1.54) is 29.7 Å². The van der Waals surface area contributed by atoms with Crippen LogP contribution in [0.5, 0.6) is 0 Å². The maximum Gasteiger partial charge on any atom is 0.265 e. The molecule has 21 heavy (non-hydrogen) atoms. The van der Waals surface area contributed by atoms with Gasteiger partial charge in [0.25, 0.3) is 10.0 Å². The van der Waals surface area contributed by atoms with Gasteiger partial charge in [0.2, 0.25) is 0 Å². The van der Waals surface area contributed by atoms with Gasteiger partial charge in [0.15, 0.2) is 5.78 Å². The number of fused-ring (bicyclic) bond motifs is 1. The maximum absolute atomic E-state index is 12.6. The minimum Gasteiger partial charge on any atom is -0.295 e. The first-order chi connectivity index (χ1) is 10.00. The van der Waals surface area contributed by atoms with Crippen molar-refractivity contribution in [2.45, 2.75) is 18.2 Å². The van der Waals surface area contributed by atoms with E-state index in [4.69, 9.17) is 0 Å². The number of rotatable bonds is 3. The zero-order valence-electron chi connectivity index (χ0n) is 11.5. The van der Waals surface area contributed by atoms with Crippen molar-refractivity contribution in [2.24, 2.45) is 0 Å². The topological polar surface area (TPSA) is 67.3 Å². The second kappa shape index (κ2) is 4.96. The highest BCUT2D eigenvalue weighted by atomic mass is 32.2. The van der Waals surface area contributed by atoms with Gasteiger partial charge in [-0.05, 0) is 49.2 Å². The third-order valence-corrected chi connectivity index (χ3v) is 5.36. The largest absolute Gasteiger partial charge is 0.295 e. The van der Waals surface area contributed by atoms with Crippen LogP contribution in [0.1, 0.15) is 22.8 Å². The molecule has 3 rings (SSSR count). The number of pyridine rings is 1. The minimum absolute atomic E-state index is 0.0219. The molecule has 0 N–H and O–H groups in total. The molecule has 0 amide bonds. The number of aromatic nitrogens is 1. The minimum atomic E-state index is -3.60. The predicted octanol–water partition coefficient (Wildman–Crippen LogP) is 2.04. The van der Waals surface area contributed by atoms with E-state index in [-0.39, 0.29) is 10.7 Å². The average molecular weight is 302 g/mol. The molecule has 0 radical (unpaired) electrons. The van der Waals surface area contributed by atoms with Gasteiger partial charge >= 0.3 is 0 Å². The van der Waals surface area contributed by atoms with Gasteiger partial charge in [0, 0.05) is 24.5 Å². The van der Waals surface area contributed by atoms with Crippen molar-refractivity contribution in [3.05, 3.63) is 53.9 Å². The number of carbonyl (C=O) groups excluding carboxylic acids is 1. The number of ketones is 1. The summed E-state index contributed by atoms with van der Waals surface area (Å²) in [6.45, 7) is 1.88. The highest BCUT2D eigenvalue weighted by Crippen LogP contribution is 2.33. The third kappa shape index (κ3) is 2.31. The van der Waals surface area contributed by atoms with Gasteiger partial charge in [-0.3, -0.25) is 14.1 Å². The van der Waals surface area contributed by atoms with Crippen LogP contribution in [0.2, 0.25) is 0 Å². The van der Waals surface area contributed by atoms with Crippen LogP contribution in [0.4, 0.5) is 5.69 Å². The van der Waals surface area contributed by atoms with E-state index in [2.05, 4.69) is 4.98 Å². The third-order valence-electron chi connectivity index (χ3n) is 3.56. The number of benzene rings is 1. The molecule has 6 heteroatoms. The summed E-state index contributed by atoms with van der Waals surface area (Å²) in [5.74, 6) is -0.0219. The van der Waals surface area contributed by atoms with Crippen molar-refractivity contribution in [1.29, 1.82) is 0 Å². The summed E-state index contributed by atoms with van der Waals surface area (Å²) in [6.07, 6.45) is 3.49. The van der Waals surface area contributed by atoms with E-state index in [0.29, 0.717) is 24.2 Å². The molecule has 108 valence electrons. The molecule has 0 aliphatic carbocycles. The van der Waals surface area contributed by atoms with Crippen LogP contribution in [0, 0.1) is 0 Å². The SMILES string of the molecule is CC(=O)c1ccc2c(c1)CCN2S(=O)(=O)c1cccnc1. The molecule has 0 saturated heterocycles. The Kier molecular flexibility index (Phi) is 3.25. The number of anilines is 1. The highest BCUT2D eigenvalue weighted by molar-refractivity contribution is 7.92. The molecule has 1 aromatic heterocycles. The van der Waals surface area contributed by atoms with Gasteiger partial charge in [0.1, 0.15) is 4.90 Å². The number of nitrogens with zero attached hydrogens (tertiary/aromatic N) is 2. The van der Waals surface area contributed by atoms with Crippen molar-refractivity contribution in [3.63, 3.8) is 0 Å². The van der Waals surface area contributed by atoms with Crippen LogP contribution in [0.3, 0.4) is 0 Å². The number of hydrogen-bond donors (Lipinski definition) is 0. The molecule has 1 aromatic carbocycles. The Morgan fingerprint density at radius 1 is 1.29 bits per heavy atom. The second-order valence-corrected chi connectivity index (χ2v) is 6.78. The van der Waals surface area contributed by atoms with Gasteiger partial charge in [-0.1, -0.05) is 0 Å². The molecule has 0 spiro atoms. The first-order valence-corrected chi connectivity index (χ1v) is 8.01. The Labute approximate surface area is 123 Å². The number of hydrogen-bond acceptors (Lipinski definition) is 4. The van der Waals surface area contributed by atoms with E-state index in [1.54, 1.807) is 24.3 Å². The summed E-state index contributed by atoms with van der Waals surface area (Å²) >= 11 is 0. The predicted molar refractivity (Wildman–Crippen MR) is 78.9 cm³/mol. The van der Waals surface area contributed by atoms with Crippen molar-refractivity contribution < 1.29 is 13.2 Å². The van der Waals surface area contributed by atoms with Gasteiger partial charge in [-0.15, -0.1) is 0 Å². The van der Waals surface area contributed by atoms with Crippen LogP contribution in [-0.2, 0) is 16.4 Å². The lowest BCUT2D eigenvalue weighted by atomic mass is 10.1. The molecule has 1 aliphatic heterocycles. The monoisotopic (exact) mass is 302 g/mol. The zero-order valence-corrected chi connectivity index (χ0v) is 12.3. The molecule has 1 aliphatic rings. The Bertz CT molecular complexity index is 801. The summed E-state index contributed by atoms with van der Waals surface area (Å²) < 4.78 is 26.6. The molecular formula is C15H14N2O3S. The second-order valence-electron chi connectivity index (χ2n) is 4.92. The molecule has 2 heterocycles. The fourth-order valence-electron chi connectivity index (χ4n) is 2.47. The summed E-state index contributed by atoms with van der Waals surface area (Å²) in [6, 6.07) is 8.27. The van der Waals surface area contributed by atoms with Gasteiger partial charge in [-0.2, -0.15) is 0 Å². The maximum atomic E-state index is 12.6. The van der Waals surface area contributed by atoms with Crippen LogP contribution >= 0.6 is 0 Å². The van der Waals surface area contributed by atoms with E-state index < -0.39 is 10.0 Å². The lowest BCUT2D eigenvalue weighted by Gasteiger charge is -2.19. The summed E-state index contributed by atoms with van der Waals surface area (Å²) in [4.78, 5) is 15.4. The Hall–Kier alpha value is -2.21. The molecule has 0 atom stereocenters. The van der Waals surface area contributed by atoms with Crippen molar-refractivity contribution in [1.82, 2.24) is 4.98 Å². The Balaban J connectivity index is 2.04. The molecule has 5 nitrogen and oxygen atoms in total. The number of carbonyl (C=O) groups is 1. The molecule has 2 aromatic rings. The van der Waals surface area contributed by atoms with Crippen molar-refractivity contribution in [3.8, 4) is 0 Å². The Morgan fingerprint density at radius 2 is 2.10 bits per heavy atom. The first-order valence-electron chi connectivity index (χ1n) is 6.57. The normalized spacial score (nSPS) is 14.0. The molecule has 0 saturated carbocycles. The number of Topliss-reactive ketones (excluding diaryl/α,β-unsaturated/α-hetero) is 1. The van der Waals surface area contributed by atoms with Crippen LogP contribution < -0.4 is 4.31 Å². The Morgan fingerprint density at radius 3 is 2.76 bits per heavy atom. The molecular weight excluding hydrogens is 288 g/mol. The van der Waals surface area contributed by atoms with E-state index in [9.17, 15) is 13.2 Å². The molecule has 0 fully saturated rings. The summed E-state index contributed by atoms with van der Waals surface area (Å²) in [5.41, 5.74) is 2.13. The van der Waals surface area contributed by atoms with Crippen molar-refractivity contribution >= 4 is 21.5 Å². The molecule has 0 bridgehead atoms. The summed E-state index contributed by atoms with van der Waals surface area (Å²) in [5, 5.41) is 0. The van der Waals surface area contributed by atoms with Gasteiger partial charge < -0.3 is 0 Å². The summed E-state index contributed by atoms with van der Waals surface area (Å²) in [7, 11) is -3.60. The van der Waals surface area contributed by atoms with Gasteiger partial charge in [-0.25, -0.2) is 8.42 Å². The van der Waals surface area contributed by atoms with E-state index in [0.717, 1.165) is 5.56 Å². The van der Waals surface area contributed by atoms with E-state index >= 15 is 0 Å². The lowest BCUT2D eigenvalue weighted by Crippen LogP contribution is -2.29. The molecule has 0 unspecified atom stereocenters. The fourth-order valence-corrected chi connectivity index (χ4v) is 3.93. The average Bonchev–Trinajstić information content (AvgIpc) is 2.91. The van der Waals surface area contributed by atoms with Gasteiger partial charge in [0.05, 0.1) is 5.69 Å². The number of sulfonamides is 1. The van der Waals surface area contributed by atoms with Crippen molar-refractivity contribution in [2.75, 3.05) is 10.8 Å². The smallest absolute Gasteiger partial charge is 0.265 e. The quantitative estimate of drug-likeness (QED) is 0.814. The van der Waals surface area contributed by atoms with E-state index in [1.807, 2.05) is 0 Å². The first kappa shape index (κ1) is 13.8. The highest BCUT2D eigenvalue weighted by Gasteiger charge is 2.31. The van der Waals surface area contributed by atoms with Crippen LogP contribution in [0.25, 0.3) is 0 Å². The van der Waals surface area contributed by atoms with Crippen LogP contribution in [0.15, 0.2) is 47.6 Å². The standard InChI is InChI=1S/C15H14N2O3S/c1-11(18)12-4-5-15-13(9-12)6-8-17(15)21(19,20)14-3-2-7-16-10-14/h2-5,7,9-10H,6,8H2,1H3. The van der Waals surface area contributed by atoms with Crippen LogP contribution in [-0.4, -0.2) is 25.7 Å². The lowest BCUT2D eigenvalue weighted by molar-refractivity contribution is 0.101. The zero-order chi connectivity index (χ0) is 15.0.